The number of hydrogen-bond donors (Lipinski definition) is 1. The van der Waals surface area contributed by atoms with E-state index in [1.807, 2.05) is 0 Å². The van der Waals surface area contributed by atoms with Crippen LogP contribution in [0.3, 0.4) is 0 Å². The SMILES string of the molecule is NC12CCOC3CC(CC31)C2. The van der Waals surface area contributed by atoms with Crippen molar-refractivity contribution in [2.45, 2.75) is 37.3 Å². The molecule has 4 atom stereocenters. The smallest absolute Gasteiger partial charge is 0.0623 e. The second-order valence-electron chi connectivity index (χ2n) is 4.54. The van der Waals surface area contributed by atoms with Crippen LogP contribution in [-0.2, 0) is 4.74 Å². The Morgan fingerprint density at radius 1 is 1.36 bits per heavy atom. The van der Waals surface area contributed by atoms with Crippen molar-refractivity contribution in [2.24, 2.45) is 17.6 Å². The molecular formula is C9H15NO. The van der Waals surface area contributed by atoms with Crippen LogP contribution in [0.2, 0.25) is 0 Å². The third kappa shape index (κ3) is 0.695. The van der Waals surface area contributed by atoms with Crippen LogP contribution >= 0.6 is 0 Å². The summed E-state index contributed by atoms with van der Waals surface area (Å²) in [7, 11) is 0. The molecule has 62 valence electrons. The molecule has 0 aromatic rings. The first-order valence-electron chi connectivity index (χ1n) is 4.68. The molecular weight excluding hydrogens is 138 g/mol. The van der Waals surface area contributed by atoms with Crippen LogP contribution in [0.5, 0.6) is 0 Å². The molecule has 2 bridgehead atoms. The Balaban J connectivity index is 1.97. The molecule has 3 rings (SSSR count). The molecule has 2 heteroatoms. The maximum absolute atomic E-state index is 6.31. The molecule has 1 aliphatic heterocycles. The van der Waals surface area contributed by atoms with Gasteiger partial charge in [-0.2, -0.15) is 0 Å². The zero-order valence-corrected chi connectivity index (χ0v) is 6.75. The Hall–Kier alpha value is -0.0800. The third-order valence-corrected chi connectivity index (χ3v) is 3.91. The van der Waals surface area contributed by atoms with Crippen LogP contribution in [0.4, 0.5) is 0 Å². The molecule has 2 saturated carbocycles. The molecule has 4 unspecified atom stereocenters. The lowest BCUT2D eigenvalue weighted by atomic mass is 9.76. The van der Waals surface area contributed by atoms with Crippen molar-refractivity contribution in [3.8, 4) is 0 Å². The van der Waals surface area contributed by atoms with Crippen LogP contribution in [0.1, 0.15) is 25.7 Å². The summed E-state index contributed by atoms with van der Waals surface area (Å²) >= 11 is 0. The lowest BCUT2D eigenvalue weighted by molar-refractivity contribution is -0.0620. The topological polar surface area (TPSA) is 35.2 Å². The lowest BCUT2D eigenvalue weighted by Crippen LogP contribution is -2.54. The summed E-state index contributed by atoms with van der Waals surface area (Å²) in [4.78, 5) is 0. The molecule has 1 heterocycles. The maximum atomic E-state index is 6.31. The normalized spacial score (nSPS) is 60.3. The zero-order chi connectivity index (χ0) is 7.47. The number of rotatable bonds is 0. The highest BCUT2D eigenvalue weighted by Gasteiger charge is 2.55. The molecule has 11 heavy (non-hydrogen) atoms. The third-order valence-electron chi connectivity index (χ3n) is 3.91. The van der Waals surface area contributed by atoms with E-state index >= 15 is 0 Å². The Morgan fingerprint density at radius 3 is 2.91 bits per heavy atom. The van der Waals surface area contributed by atoms with Crippen LogP contribution in [0.25, 0.3) is 0 Å². The molecule has 1 saturated heterocycles. The summed E-state index contributed by atoms with van der Waals surface area (Å²) in [5.41, 5.74) is 6.49. The lowest BCUT2D eigenvalue weighted by Gasteiger charge is -2.43. The van der Waals surface area contributed by atoms with Gasteiger partial charge in [-0.3, -0.25) is 0 Å². The minimum atomic E-state index is 0.186. The van der Waals surface area contributed by atoms with Gasteiger partial charge < -0.3 is 10.5 Å². The summed E-state index contributed by atoms with van der Waals surface area (Å²) in [5, 5.41) is 0. The monoisotopic (exact) mass is 153 g/mol. The van der Waals surface area contributed by atoms with Gasteiger partial charge in [-0.15, -0.1) is 0 Å². The quantitative estimate of drug-likeness (QED) is 0.561. The summed E-state index contributed by atoms with van der Waals surface area (Å²) in [5.74, 6) is 1.61. The number of hydrogen-bond acceptors (Lipinski definition) is 2. The average Bonchev–Trinajstić information content (AvgIpc) is 2.40. The molecule has 0 aromatic carbocycles. The van der Waals surface area contributed by atoms with Crippen molar-refractivity contribution in [3.05, 3.63) is 0 Å². The number of fused-ring (bicyclic) bond motifs is 1. The summed E-state index contributed by atoms with van der Waals surface area (Å²) < 4.78 is 5.69. The van der Waals surface area contributed by atoms with Gasteiger partial charge in [0.1, 0.15) is 0 Å². The van der Waals surface area contributed by atoms with Gasteiger partial charge in [-0.1, -0.05) is 0 Å². The van der Waals surface area contributed by atoms with Crippen molar-refractivity contribution in [1.29, 1.82) is 0 Å². The van der Waals surface area contributed by atoms with Gasteiger partial charge in [-0.05, 0) is 31.6 Å². The minimum absolute atomic E-state index is 0.186. The van der Waals surface area contributed by atoms with Gasteiger partial charge in [0.25, 0.3) is 0 Å². The van der Waals surface area contributed by atoms with Crippen molar-refractivity contribution < 1.29 is 4.74 Å². The van der Waals surface area contributed by atoms with Gasteiger partial charge in [-0.25, -0.2) is 0 Å². The van der Waals surface area contributed by atoms with Crippen molar-refractivity contribution in [3.63, 3.8) is 0 Å². The fourth-order valence-electron chi connectivity index (χ4n) is 3.43. The van der Waals surface area contributed by atoms with Gasteiger partial charge in [0, 0.05) is 18.1 Å². The molecule has 0 aromatic heterocycles. The van der Waals surface area contributed by atoms with Gasteiger partial charge in [0.2, 0.25) is 0 Å². The predicted molar refractivity (Wildman–Crippen MR) is 42.1 cm³/mol. The van der Waals surface area contributed by atoms with E-state index in [1.54, 1.807) is 0 Å². The molecule has 0 radical (unpaired) electrons. The van der Waals surface area contributed by atoms with E-state index in [1.165, 1.54) is 19.3 Å². The first-order valence-corrected chi connectivity index (χ1v) is 4.68. The number of nitrogens with two attached hydrogens (primary N) is 1. The Kier molecular flexibility index (Phi) is 1.06. The molecule has 2 nitrogen and oxygen atoms in total. The standard InChI is InChI=1S/C9H15NO/c10-9-1-2-11-8-4-6(5-9)3-7(8)9/h6-8H,1-5,10H2. The van der Waals surface area contributed by atoms with Crippen molar-refractivity contribution in [2.75, 3.05) is 6.61 Å². The van der Waals surface area contributed by atoms with E-state index in [9.17, 15) is 0 Å². The highest BCUT2D eigenvalue weighted by molar-refractivity contribution is 5.10. The van der Waals surface area contributed by atoms with E-state index in [-0.39, 0.29) is 5.54 Å². The zero-order valence-electron chi connectivity index (χ0n) is 6.75. The van der Waals surface area contributed by atoms with Crippen LogP contribution in [0.15, 0.2) is 0 Å². The van der Waals surface area contributed by atoms with Crippen LogP contribution in [-0.4, -0.2) is 18.2 Å². The van der Waals surface area contributed by atoms with Crippen LogP contribution in [0, 0.1) is 11.8 Å². The first kappa shape index (κ1) is 6.44. The fourth-order valence-corrected chi connectivity index (χ4v) is 3.43. The highest BCUT2D eigenvalue weighted by Crippen LogP contribution is 2.54. The second kappa shape index (κ2) is 1.80. The highest BCUT2D eigenvalue weighted by atomic mass is 16.5. The summed E-state index contributed by atoms with van der Waals surface area (Å²) in [6, 6.07) is 0. The van der Waals surface area contributed by atoms with E-state index < -0.39 is 0 Å². The maximum Gasteiger partial charge on any atom is 0.0623 e. The number of ether oxygens (including phenoxy) is 1. The first-order chi connectivity index (χ1) is 5.28. The molecule has 2 aliphatic carbocycles. The van der Waals surface area contributed by atoms with E-state index in [0.717, 1.165) is 18.9 Å². The Morgan fingerprint density at radius 2 is 2.27 bits per heavy atom. The Bertz CT molecular complexity index is 194. The van der Waals surface area contributed by atoms with Gasteiger partial charge >= 0.3 is 0 Å². The van der Waals surface area contributed by atoms with E-state index in [0.29, 0.717) is 12.0 Å². The van der Waals surface area contributed by atoms with Gasteiger partial charge in [0.05, 0.1) is 6.10 Å². The van der Waals surface area contributed by atoms with E-state index in [2.05, 4.69) is 0 Å². The predicted octanol–water partition coefficient (Wildman–Crippen LogP) is 0.903. The van der Waals surface area contributed by atoms with E-state index in [4.69, 9.17) is 10.5 Å². The molecule has 0 amide bonds. The average molecular weight is 153 g/mol. The molecule has 3 fully saturated rings. The molecule has 2 N–H and O–H groups in total. The van der Waals surface area contributed by atoms with Crippen LogP contribution < -0.4 is 5.73 Å². The summed E-state index contributed by atoms with van der Waals surface area (Å²) in [6.07, 6.45) is 5.56. The molecule has 3 aliphatic rings. The van der Waals surface area contributed by atoms with Crippen molar-refractivity contribution in [1.82, 2.24) is 0 Å². The van der Waals surface area contributed by atoms with Gasteiger partial charge in [0.15, 0.2) is 0 Å². The fraction of sp³-hybridized carbons (Fsp3) is 1.00. The second-order valence-corrected chi connectivity index (χ2v) is 4.54. The Labute approximate surface area is 67.1 Å². The summed E-state index contributed by atoms with van der Waals surface area (Å²) in [6.45, 7) is 0.907. The minimum Gasteiger partial charge on any atom is -0.378 e. The molecule has 0 spiro atoms. The largest absolute Gasteiger partial charge is 0.378 e. The van der Waals surface area contributed by atoms with Crippen molar-refractivity contribution >= 4 is 0 Å².